The monoisotopic (exact) mass is 384 g/mol. The third-order valence-corrected chi connectivity index (χ3v) is 5.21. The van der Waals surface area contributed by atoms with E-state index in [4.69, 9.17) is 0 Å². The highest BCUT2D eigenvalue weighted by atomic mass is 32.2. The summed E-state index contributed by atoms with van der Waals surface area (Å²) >= 11 is 0. The zero-order valence-corrected chi connectivity index (χ0v) is 17.0. The molecule has 0 bridgehead atoms. The van der Waals surface area contributed by atoms with Crippen LogP contribution >= 0.6 is 0 Å². The molecule has 0 aromatic heterocycles. The van der Waals surface area contributed by atoms with E-state index in [1.54, 1.807) is 29.2 Å². The van der Waals surface area contributed by atoms with Crippen molar-refractivity contribution >= 4 is 32.9 Å². The highest BCUT2D eigenvalue weighted by Crippen LogP contribution is 2.40. The van der Waals surface area contributed by atoms with Gasteiger partial charge in [0.05, 0.1) is 17.5 Å². The second-order valence-electron chi connectivity index (χ2n) is 7.59. The minimum absolute atomic E-state index is 0.125. The number of allylic oxidation sites excluding steroid dienone is 1. The van der Waals surface area contributed by atoms with Gasteiger partial charge in [0, 0.05) is 16.8 Å². The van der Waals surface area contributed by atoms with E-state index in [1.165, 1.54) is 0 Å². The van der Waals surface area contributed by atoms with Gasteiger partial charge in [0.1, 0.15) is 0 Å². The van der Waals surface area contributed by atoms with Gasteiger partial charge in [0.25, 0.3) is 5.91 Å². The average Bonchev–Trinajstić information content (AvgIpc) is 2.54. The number of nitrogens with zero attached hydrogens (tertiary/aromatic N) is 1. The molecule has 1 heterocycles. The molecule has 142 valence electrons. The van der Waals surface area contributed by atoms with E-state index in [2.05, 4.69) is 23.8 Å². The lowest BCUT2D eigenvalue weighted by atomic mass is 9.87. The number of benzene rings is 2. The summed E-state index contributed by atoms with van der Waals surface area (Å²) in [5, 5.41) is 0. The first-order chi connectivity index (χ1) is 12.5. The summed E-state index contributed by atoms with van der Waals surface area (Å²) in [7, 11) is -3.35. The van der Waals surface area contributed by atoms with Crippen LogP contribution in [-0.4, -0.2) is 26.1 Å². The predicted molar refractivity (Wildman–Crippen MR) is 111 cm³/mol. The highest BCUT2D eigenvalue weighted by molar-refractivity contribution is 7.92. The van der Waals surface area contributed by atoms with Crippen molar-refractivity contribution < 1.29 is 13.2 Å². The molecule has 0 saturated heterocycles. The molecule has 6 heteroatoms. The number of amides is 1. The van der Waals surface area contributed by atoms with Crippen LogP contribution in [0.3, 0.4) is 0 Å². The normalized spacial score (nSPS) is 15.7. The van der Waals surface area contributed by atoms with E-state index in [9.17, 15) is 13.2 Å². The van der Waals surface area contributed by atoms with Gasteiger partial charge in [-0.2, -0.15) is 0 Å². The number of carbonyl (C=O) groups is 1. The van der Waals surface area contributed by atoms with Crippen molar-refractivity contribution in [1.29, 1.82) is 0 Å². The SMILES string of the molecule is CC1=CC(C)(C)N(C(=O)c2ccc(NS(C)(=O)=O)cc2)c2ccc(C)cc21. The molecule has 1 amide bonds. The highest BCUT2D eigenvalue weighted by Gasteiger charge is 2.36. The molecule has 0 aliphatic carbocycles. The van der Waals surface area contributed by atoms with Crippen molar-refractivity contribution in [1.82, 2.24) is 0 Å². The molecule has 5 nitrogen and oxygen atoms in total. The lowest BCUT2D eigenvalue weighted by Gasteiger charge is -2.41. The minimum Gasteiger partial charge on any atom is -0.299 e. The third kappa shape index (κ3) is 3.90. The van der Waals surface area contributed by atoms with Crippen LogP contribution in [0, 0.1) is 6.92 Å². The fourth-order valence-corrected chi connectivity index (χ4v) is 4.10. The molecule has 1 N–H and O–H groups in total. The summed E-state index contributed by atoms with van der Waals surface area (Å²) in [6.45, 7) is 8.12. The largest absolute Gasteiger partial charge is 0.299 e. The zero-order valence-electron chi connectivity index (χ0n) is 16.2. The summed E-state index contributed by atoms with van der Waals surface area (Å²) in [6, 6.07) is 12.6. The lowest BCUT2D eigenvalue weighted by molar-refractivity contribution is 0.0970. The minimum atomic E-state index is -3.35. The Morgan fingerprint density at radius 3 is 2.26 bits per heavy atom. The number of nitrogens with one attached hydrogen (secondary N) is 1. The van der Waals surface area contributed by atoms with Crippen LogP contribution < -0.4 is 9.62 Å². The van der Waals surface area contributed by atoms with Crippen molar-refractivity contribution in [3.63, 3.8) is 0 Å². The lowest BCUT2D eigenvalue weighted by Crippen LogP contribution is -2.49. The Bertz CT molecular complexity index is 1040. The first kappa shape index (κ1) is 19.2. The van der Waals surface area contributed by atoms with E-state index in [1.807, 2.05) is 32.9 Å². The molecule has 2 aromatic rings. The fraction of sp³-hybridized carbons (Fsp3) is 0.286. The van der Waals surface area contributed by atoms with Gasteiger partial charge in [-0.25, -0.2) is 8.42 Å². The van der Waals surface area contributed by atoms with E-state index in [0.717, 1.165) is 28.6 Å². The number of fused-ring (bicyclic) bond motifs is 1. The number of rotatable bonds is 3. The Kier molecular flexibility index (Phi) is 4.64. The van der Waals surface area contributed by atoms with E-state index >= 15 is 0 Å². The van der Waals surface area contributed by atoms with Crippen molar-refractivity contribution in [2.45, 2.75) is 33.2 Å². The number of anilines is 2. The van der Waals surface area contributed by atoms with Crippen molar-refractivity contribution in [3.8, 4) is 0 Å². The van der Waals surface area contributed by atoms with Gasteiger partial charge in [-0.3, -0.25) is 14.4 Å². The summed E-state index contributed by atoms with van der Waals surface area (Å²) in [4.78, 5) is 15.1. The second-order valence-corrected chi connectivity index (χ2v) is 9.34. The summed E-state index contributed by atoms with van der Waals surface area (Å²) in [5.74, 6) is -0.125. The topological polar surface area (TPSA) is 66.5 Å². The summed E-state index contributed by atoms with van der Waals surface area (Å²) < 4.78 is 25.1. The van der Waals surface area contributed by atoms with Gasteiger partial charge in [-0.05, 0) is 69.7 Å². The molecule has 0 atom stereocenters. The van der Waals surface area contributed by atoms with Gasteiger partial charge in [0.2, 0.25) is 10.0 Å². The molecule has 1 aliphatic rings. The summed E-state index contributed by atoms with van der Waals surface area (Å²) in [6.07, 6.45) is 3.20. The fourth-order valence-electron chi connectivity index (χ4n) is 3.54. The number of carbonyl (C=O) groups excluding carboxylic acids is 1. The Labute approximate surface area is 160 Å². The maximum atomic E-state index is 13.3. The molecule has 27 heavy (non-hydrogen) atoms. The van der Waals surface area contributed by atoms with Crippen LogP contribution in [0.4, 0.5) is 11.4 Å². The molecule has 0 spiro atoms. The standard InChI is InChI=1S/C21H24N2O3S/c1-14-6-11-19-18(12-14)15(2)13-21(3,4)23(19)20(24)16-7-9-17(10-8-16)22-27(5,25)26/h6-13,22H,1-5H3. The smallest absolute Gasteiger partial charge is 0.259 e. The summed E-state index contributed by atoms with van der Waals surface area (Å²) in [5.41, 5.74) is 4.68. The van der Waals surface area contributed by atoms with Crippen LogP contribution in [-0.2, 0) is 10.0 Å². The molecule has 1 aliphatic heterocycles. The Morgan fingerprint density at radius 2 is 1.67 bits per heavy atom. The van der Waals surface area contributed by atoms with Gasteiger partial charge in [0.15, 0.2) is 0 Å². The van der Waals surface area contributed by atoms with E-state index in [-0.39, 0.29) is 5.91 Å². The first-order valence-corrected chi connectivity index (χ1v) is 10.6. The van der Waals surface area contributed by atoms with E-state index < -0.39 is 15.6 Å². The molecular weight excluding hydrogens is 360 g/mol. The van der Waals surface area contributed by atoms with Crippen LogP contribution in [0.5, 0.6) is 0 Å². The van der Waals surface area contributed by atoms with Crippen molar-refractivity contribution in [3.05, 3.63) is 65.2 Å². The van der Waals surface area contributed by atoms with Crippen LogP contribution in [0.25, 0.3) is 5.57 Å². The first-order valence-electron chi connectivity index (χ1n) is 8.71. The van der Waals surface area contributed by atoms with Crippen molar-refractivity contribution in [2.75, 3.05) is 15.9 Å². The van der Waals surface area contributed by atoms with Crippen LogP contribution in [0.1, 0.15) is 42.3 Å². The Hall–Kier alpha value is -2.60. The van der Waals surface area contributed by atoms with Crippen LogP contribution in [0.15, 0.2) is 48.5 Å². The zero-order chi connectivity index (χ0) is 20.0. The molecule has 2 aromatic carbocycles. The van der Waals surface area contributed by atoms with Gasteiger partial charge in [-0.1, -0.05) is 17.7 Å². The Balaban J connectivity index is 2.01. The van der Waals surface area contributed by atoms with Gasteiger partial charge >= 0.3 is 0 Å². The molecule has 0 saturated carbocycles. The van der Waals surface area contributed by atoms with Gasteiger partial charge < -0.3 is 0 Å². The number of hydrogen-bond donors (Lipinski definition) is 1. The van der Waals surface area contributed by atoms with E-state index in [0.29, 0.717) is 11.3 Å². The average molecular weight is 385 g/mol. The number of sulfonamides is 1. The van der Waals surface area contributed by atoms with Gasteiger partial charge in [-0.15, -0.1) is 0 Å². The number of aryl methyl sites for hydroxylation is 1. The maximum absolute atomic E-state index is 13.3. The second kappa shape index (κ2) is 6.53. The molecule has 0 radical (unpaired) electrons. The molecule has 0 fully saturated rings. The maximum Gasteiger partial charge on any atom is 0.259 e. The Morgan fingerprint density at radius 1 is 1.04 bits per heavy atom. The van der Waals surface area contributed by atoms with Crippen LogP contribution in [0.2, 0.25) is 0 Å². The quantitative estimate of drug-likeness (QED) is 0.862. The predicted octanol–water partition coefficient (Wildman–Crippen LogP) is 4.21. The number of hydrogen-bond acceptors (Lipinski definition) is 3. The molecule has 3 rings (SSSR count). The molecule has 0 unspecified atom stereocenters. The van der Waals surface area contributed by atoms with Crippen molar-refractivity contribution in [2.24, 2.45) is 0 Å². The molecular formula is C21H24N2O3S. The third-order valence-electron chi connectivity index (χ3n) is 4.60.